The minimum Gasteiger partial charge on any atom is -0.345 e. The maximum atomic E-state index is 11.9. The zero-order valence-corrected chi connectivity index (χ0v) is 14.5. The van der Waals surface area contributed by atoms with Gasteiger partial charge in [0.05, 0.1) is 6.21 Å². The molecule has 0 bridgehead atoms. The second-order valence-electron chi connectivity index (χ2n) is 6.68. The average Bonchev–Trinajstić information content (AvgIpc) is 2.83. The van der Waals surface area contributed by atoms with Gasteiger partial charge in [-0.15, -0.1) is 0 Å². The molecule has 0 spiro atoms. The van der Waals surface area contributed by atoms with Crippen molar-refractivity contribution >= 4 is 18.0 Å². The lowest BCUT2D eigenvalue weighted by Crippen LogP contribution is -2.43. The summed E-state index contributed by atoms with van der Waals surface area (Å²) in [6, 6.07) is 8.06. The van der Waals surface area contributed by atoms with Crippen LogP contribution in [0.1, 0.15) is 69.4 Å². The lowest BCUT2D eigenvalue weighted by Gasteiger charge is -2.14. The summed E-state index contributed by atoms with van der Waals surface area (Å²) in [6.07, 6.45) is 8.07. The molecular formula is C19H27N3O2. The van der Waals surface area contributed by atoms with Crippen molar-refractivity contribution in [3.05, 3.63) is 35.4 Å². The molecule has 5 heteroatoms. The summed E-state index contributed by atoms with van der Waals surface area (Å²) in [7, 11) is 0. The van der Waals surface area contributed by atoms with Crippen LogP contribution in [0.25, 0.3) is 0 Å². The van der Waals surface area contributed by atoms with Crippen molar-refractivity contribution in [1.29, 1.82) is 0 Å². The normalized spacial score (nSPS) is 16.1. The van der Waals surface area contributed by atoms with Crippen molar-refractivity contribution in [3.63, 3.8) is 0 Å². The zero-order valence-electron chi connectivity index (χ0n) is 14.5. The van der Waals surface area contributed by atoms with Gasteiger partial charge in [0.1, 0.15) is 0 Å². The molecule has 1 aliphatic rings. The van der Waals surface area contributed by atoms with Crippen molar-refractivity contribution in [2.75, 3.05) is 0 Å². The molecule has 0 saturated heterocycles. The van der Waals surface area contributed by atoms with Gasteiger partial charge >= 0.3 is 11.8 Å². The van der Waals surface area contributed by atoms with E-state index in [2.05, 4.69) is 29.7 Å². The number of rotatable bonds is 4. The van der Waals surface area contributed by atoms with Gasteiger partial charge in [0.15, 0.2) is 0 Å². The molecule has 1 saturated carbocycles. The lowest BCUT2D eigenvalue weighted by atomic mass is 10.0. The van der Waals surface area contributed by atoms with Crippen molar-refractivity contribution in [2.24, 2.45) is 5.10 Å². The Labute approximate surface area is 143 Å². The van der Waals surface area contributed by atoms with E-state index in [9.17, 15) is 9.59 Å². The van der Waals surface area contributed by atoms with Crippen LogP contribution in [0.5, 0.6) is 0 Å². The molecule has 0 heterocycles. The largest absolute Gasteiger partial charge is 0.345 e. The summed E-state index contributed by atoms with van der Waals surface area (Å²) < 4.78 is 0. The summed E-state index contributed by atoms with van der Waals surface area (Å²) >= 11 is 0. The Morgan fingerprint density at radius 1 is 1.04 bits per heavy atom. The molecule has 1 aliphatic carbocycles. The van der Waals surface area contributed by atoms with Gasteiger partial charge in [0.25, 0.3) is 0 Å². The molecule has 0 atom stereocenters. The fourth-order valence-electron chi connectivity index (χ4n) is 2.86. The van der Waals surface area contributed by atoms with E-state index in [1.165, 1.54) is 18.4 Å². The number of hydrazone groups is 1. The minimum absolute atomic E-state index is 0.110. The second-order valence-corrected chi connectivity index (χ2v) is 6.68. The van der Waals surface area contributed by atoms with Crippen molar-refractivity contribution in [2.45, 2.75) is 64.3 Å². The summed E-state index contributed by atoms with van der Waals surface area (Å²) in [5.41, 5.74) is 4.42. The van der Waals surface area contributed by atoms with Gasteiger partial charge in [-0.05, 0) is 29.9 Å². The summed E-state index contributed by atoms with van der Waals surface area (Å²) in [4.78, 5) is 23.7. The number of carbonyl (C=O) groups is 2. The van der Waals surface area contributed by atoms with E-state index in [4.69, 9.17) is 0 Å². The molecule has 0 aromatic heterocycles. The number of hydrogen-bond donors (Lipinski definition) is 2. The quantitative estimate of drug-likeness (QED) is 0.386. The summed E-state index contributed by atoms with van der Waals surface area (Å²) in [6.45, 7) is 4.27. The molecule has 2 N–H and O–H groups in total. The van der Waals surface area contributed by atoms with Gasteiger partial charge < -0.3 is 5.32 Å². The zero-order chi connectivity index (χ0) is 17.4. The Morgan fingerprint density at radius 2 is 1.67 bits per heavy atom. The first-order valence-corrected chi connectivity index (χ1v) is 8.80. The number of benzene rings is 1. The highest BCUT2D eigenvalue weighted by Gasteiger charge is 2.19. The van der Waals surface area contributed by atoms with Crippen LogP contribution in [0, 0.1) is 0 Å². The first-order chi connectivity index (χ1) is 11.6. The number of nitrogens with one attached hydrogen (secondary N) is 2. The maximum Gasteiger partial charge on any atom is 0.329 e. The minimum atomic E-state index is -0.714. The number of hydrogen-bond acceptors (Lipinski definition) is 3. The van der Waals surface area contributed by atoms with Crippen LogP contribution in [0.4, 0.5) is 0 Å². The third-order valence-corrected chi connectivity index (χ3v) is 4.38. The SMILES string of the molecule is CC(C)c1ccc(/C=N/NC(=O)C(=O)NC2CCCCCC2)cc1. The Morgan fingerprint density at radius 3 is 2.25 bits per heavy atom. The monoisotopic (exact) mass is 329 g/mol. The van der Waals surface area contributed by atoms with Crippen LogP contribution < -0.4 is 10.7 Å². The van der Waals surface area contributed by atoms with Crippen LogP contribution >= 0.6 is 0 Å². The molecule has 0 aliphatic heterocycles. The standard InChI is InChI=1S/C19H27N3O2/c1-14(2)16-11-9-15(10-12-16)13-20-22-19(24)18(23)21-17-7-5-3-4-6-8-17/h9-14,17H,3-8H2,1-2H3,(H,21,23)(H,22,24)/b20-13+. The third-order valence-electron chi connectivity index (χ3n) is 4.38. The molecule has 24 heavy (non-hydrogen) atoms. The Hall–Kier alpha value is -2.17. The molecule has 0 radical (unpaired) electrons. The van der Waals surface area contributed by atoms with E-state index in [0.29, 0.717) is 5.92 Å². The van der Waals surface area contributed by atoms with Crippen molar-refractivity contribution in [3.8, 4) is 0 Å². The Kier molecular flexibility index (Phi) is 6.97. The summed E-state index contributed by atoms with van der Waals surface area (Å²) in [5, 5.41) is 6.67. The Bertz CT molecular complexity index is 571. The predicted octanol–water partition coefficient (Wildman–Crippen LogP) is 3.10. The van der Waals surface area contributed by atoms with Gasteiger partial charge in [0, 0.05) is 6.04 Å². The highest BCUT2D eigenvalue weighted by Crippen LogP contribution is 2.17. The Balaban J connectivity index is 1.79. The van der Waals surface area contributed by atoms with Crippen molar-refractivity contribution in [1.82, 2.24) is 10.7 Å². The molecule has 2 amide bonds. The van der Waals surface area contributed by atoms with Crippen LogP contribution in [0.2, 0.25) is 0 Å². The van der Waals surface area contributed by atoms with E-state index in [0.717, 1.165) is 31.2 Å². The highest BCUT2D eigenvalue weighted by atomic mass is 16.2. The molecule has 130 valence electrons. The van der Waals surface area contributed by atoms with E-state index >= 15 is 0 Å². The second kappa shape index (κ2) is 9.21. The maximum absolute atomic E-state index is 11.9. The van der Waals surface area contributed by atoms with Crippen LogP contribution in [-0.4, -0.2) is 24.1 Å². The molecule has 0 unspecified atom stereocenters. The third kappa shape index (κ3) is 5.80. The van der Waals surface area contributed by atoms with E-state index in [1.807, 2.05) is 24.3 Å². The fraction of sp³-hybridized carbons (Fsp3) is 0.526. The van der Waals surface area contributed by atoms with Gasteiger partial charge in [-0.1, -0.05) is 63.8 Å². The average molecular weight is 329 g/mol. The first-order valence-electron chi connectivity index (χ1n) is 8.80. The van der Waals surface area contributed by atoms with Gasteiger partial charge in [-0.2, -0.15) is 5.10 Å². The van der Waals surface area contributed by atoms with Crippen molar-refractivity contribution < 1.29 is 9.59 Å². The van der Waals surface area contributed by atoms with E-state index < -0.39 is 11.8 Å². The highest BCUT2D eigenvalue weighted by molar-refractivity contribution is 6.35. The predicted molar refractivity (Wildman–Crippen MR) is 95.9 cm³/mol. The molecule has 1 aromatic rings. The molecule has 1 fully saturated rings. The van der Waals surface area contributed by atoms with E-state index in [-0.39, 0.29) is 6.04 Å². The van der Waals surface area contributed by atoms with Gasteiger partial charge in [-0.3, -0.25) is 9.59 Å². The van der Waals surface area contributed by atoms with Crippen LogP contribution in [-0.2, 0) is 9.59 Å². The van der Waals surface area contributed by atoms with Gasteiger partial charge in [0.2, 0.25) is 0 Å². The number of nitrogens with zero attached hydrogens (tertiary/aromatic N) is 1. The van der Waals surface area contributed by atoms with Crippen LogP contribution in [0.15, 0.2) is 29.4 Å². The van der Waals surface area contributed by atoms with Gasteiger partial charge in [-0.25, -0.2) is 5.43 Å². The molecule has 1 aromatic carbocycles. The topological polar surface area (TPSA) is 70.6 Å². The smallest absolute Gasteiger partial charge is 0.329 e. The molecular weight excluding hydrogens is 302 g/mol. The molecule has 2 rings (SSSR count). The molecule has 5 nitrogen and oxygen atoms in total. The number of amides is 2. The first kappa shape index (κ1) is 18.2. The number of carbonyl (C=O) groups excluding carboxylic acids is 2. The van der Waals surface area contributed by atoms with E-state index in [1.54, 1.807) is 6.21 Å². The summed E-state index contributed by atoms with van der Waals surface area (Å²) in [5.74, 6) is -0.841. The fourth-order valence-corrected chi connectivity index (χ4v) is 2.86. The lowest BCUT2D eigenvalue weighted by molar-refractivity contribution is -0.139. The van der Waals surface area contributed by atoms with Crippen LogP contribution in [0.3, 0.4) is 0 Å².